The van der Waals surface area contributed by atoms with Crippen molar-refractivity contribution in [2.24, 2.45) is 0 Å². The van der Waals surface area contributed by atoms with E-state index < -0.39 is 0 Å². The van der Waals surface area contributed by atoms with E-state index in [1.54, 1.807) is 17.5 Å². The Morgan fingerprint density at radius 1 is 1.29 bits per heavy atom. The predicted molar refractivity (Wildman–Crippen MR) is 81.4 cm³/mol. The van der Waals surface area contributed by atoms with Crippen molar-refractivity contribution in [3.05, 3.63) is 40.7 Å². The van der Waals surface area contributed by atoms with Gasteiger partial charge in [-0.1, -0.05) is 0 Å². The SMILES string of the molecule is O=C1c2cccnc2CN1Cc1csc(N2CCCC2)n1. The third-order valence-corrected chi connectivity index (χ3v) is 4.97. The third-order valence-electron chi connectivity index (χ3n) is 4.02. The highest BCUT2D eigenvalue weighted by Gasteiger charge is 2.28. The molecule has 2 aromatic heterocycles. The maximum absolute atomic E-state index is 12.3. The molecule has 0 saturated carbocycles. The fourth-order valence-corrected chi connectivity index (χ4v) is 3.80. The number of anilines is 1. The van der Waals surface area contributed by atoms with E-state index in [0.717, 1.165) is 35.2 Å². The molecular formula is C15H16N4OS. The fraction of sp³-hybridized carbons (Fsp3) is 0.400. The van der Waals surface area contributed by atoms with Crippen LogP contribution in [-0.4, -0.2) is 33.9 Å². The van der Waals surface area contributed by atoms with Crippen LogP contribution in [-0.2, 0) is 13.1 Å². The molecule has 6 heteroatoms. The maximum Gasteiger partial charge on any atom is 0.256 e. The van der Waals surface area contributed by atoms with E-state index in [2.05, 4.69) is 20.2 Å². The summed E-state index contributed by atoms with van der Waals surface area (Å²) in [5.74, 6) is 0.0637. The molecule has 0 radical (unpaired) electrons. The van der Waals surface area contributed by atoms with Crippen LogP contribution in [0.4, 0.5) is 5.13 Å². The number of carbonyl (C=O) groups is 1. The molecule has 0 bridgehead atoms. The first-order valence-electron chi connectivity index (χ1n) is 7.24. The summed E-state index contributed by atoms with van der Waals surface area (Å²) in [6.45, 7) is 3.36. The molecule has 1 amide bonds. The van der Waals surface area contributed by atoms with Crippen molar-refractivity contribution in [1.29, 1.82) is 0 Å². The lowest BCUT2D eigenvalue weighted by Crippen LogP contribution is -2.23. The second-order valence-corrected chi connectivity index (χ2v) is 6.31. The molecule has 4 heterocycles. The highest BCUT2D eigenvalue weighted by Crippen LogP contribution is 2.27. The van der Waals surface area contributed by atoms with Crippen LogP contribution in [0.3, 0.4) is 0 Å². The monoisotopic (exact) mass is 300 g/mol. The molecule has 2 aliphatic heterocycles. The normalized spacial score (nSPS) is 17.6. The summed E-state index contributed by atoms with van der Waals surface area (Å²) < 4.78 is 0. The lowest BCUT2D eigenvalue weighted by Gasteiger charge is -2.14. The Hall–Kier alpha value is -1.95. The van der Waals surface area contributed by atoms with E-state index in [4.69, 9.17) is 0 Å². The minimum atomic E-state index is 0.0637. The van der Waals surface area contributed by atoms with Gasteiger partial charge >= 0.3 is 0 Å². The number of nitrogens with zero attached hydrogens (tertiary/aromatic N) is 4. The van der Waals surface area contributed by atoms with Crippen molar-refractivity contribution in [1.82, 2.24) is 14.9 Å². The third kappa shape index (κ3) is 2.29. The molecule has 0 atom stereocenters. The van der Waals surface area contributed by atoms with Crippen LogP contribution in [0.2, 0.25) is 0 Å². The highest BCUT2D eigenvalue weighted by molar-refractivity contribution is 7.13. The Morgan fingerprint density at radius 2 is 2.14 bits per heavy atom. The zero-order valence-electron chi connectivity index (χ0n) is 11.7. The van der Waals surface area contributed by atoms with Crippen molar-refractivity contribution < 1.29 is 4.79 Å². The number of aromatic nitrogens is 2. The summed E-state index contributed by atoms with van der Waals surface area (Å²) in [5, 5.41) is 3.15. The average molecular weight is 300 g/mol. The summed E-state index contributed by atoms with van der Waals surface area (Å²) in [7, 11) is 0. The Bertz CT molecular complexity index is 678. The molecule has 0 N–H and O–H groups in total. The van der Waals surface area contributed by atoms with Gasteiger partial charge in [-0.25, -0.2) is 4.98 Å². The van der Waals surface area contributed by atoms with Gasteiger partial charge in [0.15, 0.2) is 5.13 Å². The maximum atomic E-state index is 12.3. The second-order valence-electron chi connectivity index (χ2n) is 5.47. The number of carbonyl (C=O) groups excluding carboxylic acids is 1. The first-order chi connectivity index (χ1) is 10.3. The average Bonchev–Trinajstić information content (AvgIpc) is 3.21. The van der Waals surface area contributed by atoms with Gasteiger partial charge in [0.1, 0.15) is 0 Å². The topological polar surface area (TPSA) is 49.3 Å². The summed E-state index contributed by atoms with van der Waals surface area (Å²) in [6, 6.07) is 3.66. The van der Waals surface area contributed by atoms with Crippen molar-refractivity contribution in [3.63, 3.8) is 0 Å². The number of fused-ring (bicyclic) bond motifs is 1. The molecule has 21 heavy (non-hydrogen) atoms. The predicted octanol–water partition coefficient (Wildman–Crippen LogP) is 2.29. The summed E-state index contributed by atoms with van der Waals surface area (Å²) in [6.07, 6.45) is 4.24. The molecule has 1 saturated heterocycles. The first kappa shape index (κ1) is 12.8. The molecule has 1 fully saturated rings. The van der Waals surface area contributed by atoms with E-state index in [0.29, 0.717) is 13.1 Å². The van der Waals surface area contributed by atoms with Crippen LogP contribution >= 0.6 is 11.3 Å². The van der Waals surface area contributed by atoms with Crippen LogP contribution in [0.5, 0.6) is 0 Å². The zero-order valence-corrected chi connectivity index (χ0v) is 12.5. The zero-order chi connectivity index (χ0) is 14.2. The molecule has 2 aliphatic rings. The quantitative estimate of drug-likeness (QED) is 0.872. The second kappa shape index (κ2) is 5.11. The molecule has 5 nitrogen and oxygen atoms in total. The Balaban J connectivity index is 1.49. The van der Waals surface area contributed by atoms with Gasteiger partial charge in [-0.05, 0) is 25.0 Å². The molecule has 0 aliphatic carbocycles. The Morgan fingerprint density at radius 3 is 2.95 bits per heavy atom. The molecule has 0 spiro atoms. The first-order valence-corrected chi connectivity index (χ1v) is 8.12. The van der Waals surface area contributed by atoms with Crippen molar-refractivity contribution in [3.8, 4) is 0 Å². The van der Waals surface area contributed by atoms with Crippen LogP contribution in [0, 0.1) is 0 Å². The largest absolute Gasteiger partial charge is 0.348 e. The smallest absolute Gasteiger partial charge is 0.256 e. The van der Waals surface area contributed by atoms with Gasteiger partial charge in [-0.3, -0.25) is 9.78 Å². The van der Waals surface area contributed by atoms with Gasteiger partial charge in [0, 0.05) is 24.7 Å². The van der Waals surface area contributed by atoms with E-state index in [1.165, 1.54) is 12.8 Å². The van der Waals surface area contributed by atoms with Gasteiger partial charge in [0.25, 0.3) is 5.91 Å². The molecule has 0 aromatic carbocycles. The summed E-state index contributed by atoms with van der Waals surface area (Å²) in [5.41, 5.74) is 2.58. The molecule has 0 unspecified atom stereocenters. The lowest BCUT2D eigenvalue weighted by molar-refractivity contribution is 0.0764. The van der Waals surface area contributed by atoms with E-state index in [1.807, 2.05) is 17.0 Å². The van der Waals surface area contributed by atoms with Crippen molar-refractivity contribution in [2.75, 3.05) is 18.0 Å². The standard InChI is InChI=1S/C15H16N4OS/c20-14-12-4-3-5-16-13(12)9-19(14)8-11-10-21-15(17-11)18-6-1-2-7-18/h3-5,10H,1-2,6-9H2. The van der Waals surface area contributed by atoms with Gasteiger partial charge in [0.2, 0.25) is 0 Å². The minimum absolute atomic E-state index is 0.0637. The van der Waals surface area contributed by atoms with E-state index >= 15 is 0 Å². The van der Waals surface area contributed by atoms with Crippen LogP contribution in [0.1, 0.15) is 34.6 Å². The highest BCUT2D eigenvalue weighted by atomic mass is 32.1. The van der Waals surface area contributed by atoms with Gasteiger partial charge < -0.3 is 9.80 Å². The molecular weight excluding hydrogens is 284 g/mol. The van der Waals surface area contributed by atoms with E-state index in [9.17, 15) is 4.79 Å². The van der Waals surface area contributed by atoms with E-state index in [-0.39, 0.29) is 5.91 Å². The summed E-state index contributed by atoms with van der Waals surface area (Å²) in [4.78, 5) is 25.4. The Labute approximate surface area is 127 Å². The van der Waals surface area contributed by atoms with Crippen LogP contribution in [0.15, 0.2) is 23.7 Å². The number of thiazole rings is 1. The minimum Gasteiger partial charge on any atom is -0.348 e. The summed E-state index contributed by atoms with van der Waals surface area (Å²) >= 11 is 1.68. The fourth-order valence-electron chi connectivity index (χ4n) is 2.93. The molecule has 108 valence electrons. The number of rotatable bonds is 3. The number of pyridine rings is 1. The van der Waals surface area contributed by atoms with Gasteiger partial charge in [-0.2, -0.15) is 0 Å². The van der Waals surface area contributed by atoms with Crippen molar-refractivity contribution >= 4 is 22.4 Å². The number of hydrogen-bond donors (Lipinski definition) is 0. The van der Waals surface area contributed by atoms with Crippen LogP contribution < -0.4 is 4.90 Å². The molecule has 2 aromatic rings. The molecule has 4 rings (SSSR count). The lowest BCUT2D eigenvalue weighted by atomic mass is 10.2. The van der Waals surface area contributed by atoms with Gasteiger partial charge in [-0.15, -0.1) is 11.3 Å². The van der Waals surface area contributed by atoms with Crippen molar-refractivity contribution in [2.45, 2.75) is 25.9 Å². The van der Waals surface area contributed by atoms with Crippen LogP contribution in [0.25, 0.3) is 0 Å². The number of hydrogen-bond acceptors (Lipinski definition) is 5. The number of amides is 1. The van der Waals surface area contributed by atoms with Gasteiger partial charge in [0.05, 0.1) is 30.0 Å². The Kier molecular flexibility index (Phi) is 3.11.